The number of piperidine rings is 1. The number of phosphoric acid groups is 1. The van der Waals surface area contributed by atoms with Gasteiger partial charge in [0, 0.05) is 13.1 Å². The molecule has 0 spiro atoms. The number of carbonyl (C=O) groups is 2. The third kappa shape index (κ3) is 7.88. The van der Waals surface area contributed by atoms with Gasteiger partial charge in [-0.25, -0.2) is 19.1 Å². The molecule has 0 unspecified atom stereocenters. The maximum Gasteiger partial charge on any atom is 0.470 e. The Morgan fingerprint density at radius 2 is 2.04 bits per heavy atom. The fourth-order valence-corrected chi connectivity index (χ4v) is 5.31. The summed E-state index contributed by atoms with van der Waals surface area (Å²) in [5.41, 5.74) is 1.32. The molecule has 45 heavy (non-hydrogen) atoms. The number of alkyl carbamates (subject to hydrolysis) is 1. The van der Waals surface area contributed by atoms with Crippen molar-refractivity contribution >= 4 is 60.3 Å². The second kappa shape index (κ2) is 13.9. The Hall–Kier alpha value is -4.71. The molecule has 20 heteroatoms. The number of amides is 1. The molecule has 1 aromatic carbocycles. The highest BCUT2D eigenvalue weighted by molar-refractivity contribution is 7.46. The minimum atomic E-state index is -5.00. The molecule has 3 aromatic rings. The fourth-order valence-electron chi connectivity index (χ4n) is 4.54. The van der Waals surface area contributed by atoms with Crippen molar-refractivity contribution in [2.45, 2.75) is 38.5 Å². The highest BCUT2D eigenvalue weighted by Crippen LogP contribution is 2.39. The zero-order valence-electron chi connectivity index (χ0n) is 24.1. The largest absolute Gasteiger partial charge is 0.470 e. The number of rotatable bonds is 10. The SMILES string of the molecule is CCNc1nc(Nc2cc(C#N)cc(N3CC[C@@H](NC(=O)OC)[C@H](OC(=O)[C@@H](C)OP(=O)(O)O)C3)c2Cl)nn2c(C#N)cnc12. The van der Waals surface area contributed by atoms with Crippen LogP contribution >= 0.6 is 19.4 Å². The van der Waals surface area contributed by atoms with Crippen LogP contribution in [0, 0.1) is 22.7 Å². The standard InChI is InChI=1S/C25H28ClN10O8P/c1-4-29-21-22-30-11-15(10-28)36(22)34-24(33-21)31-17-7-14(9-27)8-18(20(17)26)35-6-5-16(32-25(38)42-3)19(12-35)43-23(37)13(2)44-45(39,40)41/h7-8,11,13,16,19H,4-6,12H2,1-3H3,(H,32,38)(H2,39,40,41)(H2,29,31,33,34)/t13-,16-,19-/m1/s1. The van der Waals surface area contributed by atoms with E-state index in [1.54, 1.807) is 4.90 Å². The molecule has 1 amide bonds. The number of hydrogen-bond acceptors (Lipinski definition) is 14. The first kappa shape index (κ1) is 33.2. The van der Waals surface area contributed by atoms with Gasteiger partial charge in [-0.2, -0.15) is 20.0 Å². The van der Waals surface area contributed by atoms with Crippen molar-refractivity contribution in [3.8, 4) is 12.1 Å². The number of phosphoric ester groups is 1. The number of aromatic nitrogens is 4. The van der Waals surface area contributed by atoms with E-state index in [-0.39, 0.29) is 47.4 Å². The van der Waals surface area contributed by atoms with Gasteiger partial charge in [0.1, 0.15) is 12.2 Å². The molecule has 1 aliphatic rings. The van der Waals surface area contributed by atoms with Crippen LogP contribution in [0.1, 0.15) is 31.5 Å². The number of anilines is 4. The molecular formula is C25H28ClN10O8P. The lowest BCUT2D eigenvalue weighted by molar-refractivity contribution is -0.159. The van der Waals surface area contributed by atoms with E-state index in [1.807, 2.05) is 13.0 Å². The van der Waals surface area contributed by atoms with Gasteiger partial charge >= 0.3 is 19.9 Å². The molecule has 1 fully saturated rings. The predicted molar refractivity (Wildman–Crippen MR) is 158 cm³/mol. The molecule has 3 heterocycles. The van der Waals surface area contributed by atoms with E-state index in [4.69, 9.17) is 26.1 Å². The number of esters is 1. The molecular weight excluding hydrogens is 635 g/mol. The Labute approximate surface area is 261 Å². The summed E-state index contributed by atoms with van der Waals surface area (Å²) >= 11 is 6.84. The monoisotopic (exact) mass is 662 g/mol. The van der Waals surface area contributed by atoms with Gasteiger partial charge in [0.15, 0.2) is 23.3 Å². The van der Waals surface area contributed by atoms with Crippen molar-refractivity contribution < 1.29 is 37.9 Å². The van der Waals surface area contributed by atoms with Gasteiger partial charge in [-0.15, -0.1) is 5.10 Å². The number of imidazole rings is 1. The Balaban J connectivity index is 1.66. The Morgan fingerprint density at radius 3 is 2.69 bits per heavy atom. The molecule has 0 saturated carbocycles. The first-order valence-electron chi connectivity index (χ1n) is 13.3. The van der Waals surface area contributed by atoms with Gasteiger partial charge < -0.3 is 40.1 Å². The molecule has 2 aromatic heterocycles. The van der Waals surface area contributed by atoms with Crippen LogP contribution < -0.4 is 20.9 Å². The number of benzene rings is 1. The van der Waals surface area contributed by atoms with E-state index in [1.165, 1.54) is 30.0 Å². The van der Waals surface area contributed by atoms with E-state index < -0.39 is 38.1 Å². The van der Waals surface area contributed by atoms with Crippen LogP contribution in [0.3, 0.4) is 0 Å². The van der Waals surface area contributed by atoms with Gasteiger partial charge in [-0.05, 0) is 32.4 Å². The average Bonchev–Trinajstić information content (AvgIpc) is 3.41. The summed E-state index contributed by atoms with van der Waals surface area (Å²) in [4.78, 5) is 53.2. The number of nitriles is 2. The normalized spacial score (nSPS) is 17.1. The van der Waals surface area contributed by atoms with E-state index in [9.17, 15) is 24.7 Å². The van der Waals surface area contributed by atoms with Crippen LogP contribution in [0.2, 0.25) is 5.02 Å². The molecule has 3 atom stereocenters. The highest BCUT2D eigenvalue weighted by atomic mass is 35.5. The molecule has 0 aliphatic carbocycles. The van der Waals surface area contributed by atoms with Gasteiger partial charge in [0.25, 0.3) is 0 Å². The molecule has 1 aliphatic heterocycles. The highest BCUT2D eigenvalue weighted by Gasteiger charge is 2.37. The third-order valence-corrected chi connectivity index (χ3v) is 7.52. The Bertz CT molecular complexity index is 1740. The smallest absolute Gasteiger partial charge is 0.456 e. The summed E-state index contributed by atoms with van der Waals surface area (Å²) in [6, 6.07) is 6.34. The first-order valence-corrected chi connectivity index (χ1v) is 15.2. The van der Waals surface area contributed by atoms with Gasteiger partial charge in [-0.1, -0.05) is 11.6 Å². The number of nitrogens with one attached hydrogen (secondary N) is 3. The van der Waals surface area contributed by atoms with E-state index in [2.05, 4.69) is 46.3 Å². The van der Waals surface area contributed by atoms with Crippen molar-refractivity contribution in [3.63, 3.8) is 0 Å². The number of methoxy groups -OCH3 is 1. The molecule has 0 bridgehead atoms. The summed E-state index contributed by atoms with van der Waals surface area (Å²) in [5, 5.41) is 32.4. The van der Waals surface area contributed by atoms with Crippen LogP contribution in [-0.2, 0) is 23.4 Å². The number of nitrogens with zero attached hydrogens (tertiary/aromatic N) is 7. The summed E-state index contributed by atoms with van der Waals surface area (Å²) in [5.74, 6) is -0.685. The lowest BCUT2D eigenvalue weighted by atomic mass is 10.0. The number of carbonyl (C=O) groups excluding carboxylic acids is 2. The lowest BCUT2D eigenvalue weighted by Crippen LogP contribution is -2.56. The van der Waals surface area contributed by atoms with Gasteiger partial charge in [-0.3, -0.25) is 4.52 Å². The van der Waals surface area contributed by atoms with Gasteiger partial charge in [0.2, 0.25) is 5.95 Å². The maximum atomic E-state index is 12.7. The Morgan fingerprint density at radius 1 is 1.29 bits per heavy atom. The minimum Gasteiger partial charge on any atom is -0.456 e. The lowest BCUT2D eigenvalue weighted by Gasteiger charge is -2.40. The van der Waals surface area contributed by atoms with Crippen LogP contribution in [0.25, 0.3) is 5.65 Å². The average molecular weight is 663 g/mol. The topological polar surface area (TPSA) is 249 Å². The molecule has 0 radical (unpaired) electrons. The molecule has 18 nitrogen and oxygen atoms in total. The molecule has 5 N–H and O–H groups in total. The van der Waals surface area contributed by atoms with Crippen LogP contribution in [0.15, 0.2) is 18.3 Å². The molecule has 1 saturated heterocycles. The zero-order chi connectivity index (χ0) is 32.9. The van der Waals surface area contributed by atoms with E-state index in [0.29, 0.717) is 23.7 Å². The predicted octanol–water partition coefficient (Wildman–Crippen LogP) is 2.04. The van der Waals surface area contributed by atoms with Crippen molar-refractivity contribution in [1.29, 1.82) is 10.5 Å². The van der Waals surface area contributed by atoms with Crippen LogP contribution in [0.4, 0.5) is 27.9 Å². The Kier molecular flexibility index (Phi) is 10.3. The second-order valence-electron chi connectivity index (χ2n) is 9.59. The number of ether oxygens (including phenoxy) is 2. The summed E-state index contributed by atoms with van der Waals surface area (Å²) in [7, 11) is -3.83. The molecule has 4 rings (SSSR count). The number of fused-ring (bicyclic) bond motifs is 1. The third-order valence-electron chi connectivity index (χ3n) is 6.53. The molecule has 238 valence electrons. The maximum absolute atomic E-state index is 12.7. The number of halogens is 1. The minimum absolute atomic E-state index is 0.0442. The summed E-state index contributed by atoms with van der Waals surface area (Å²) < 4.78 is 27.2. The van der Waals surface area contributed by atoms with Crippen molar-refractivity contribution in [1.82, 2.24) is 24.9 Å². The first-order chi connectivity index (χ1) is 21.4. The van der Waals surface area contributed by atoms with Crippen molar-refractivity contribution in [3.05, 3.63) is 34.6 Å². The second-order valence-corrected chi connectivity index (χ2v) is 11.2. The van der Waals surface area contributed by atoms with E-state index >= 15 is 0 Å². The van der Waals surface area contributed by atoms with E-state index in [0.717, 1.165) is 6.92 Å². The quantitative estimate of drug-likeness (QED) is 0.154. The zero-order valence-corrected chi connectivity index (χ0v) is 25.7. The number of hydrogen-bond donors (Lipinski definition) is 5. The van der Waals surface area contributed by atoms with Crippen LogP contribution in [0.5, 0.6) is 0 Å². The van der Waals surface area contributed by atoms with Crippen molar-refractivity contribution in [2.24, 2.45) is 0 Å². The van der Waals surface area contributed by atoms with Gasteiger partial charge in [0.05, 0.1) is 53.9 Å². The van der Waals surface area contributed by atoms with Crippen LogP contribution in [-0.4, -0.2) is 86.4 Å². The summed E-state index contributed by atoms with van der Waals surface area (Å²) in [6.07, 6.45) is -1.87. The van der Waals surface area contributed by atoms with Crippen molar-refractivity contribution in [2.75, 3.05) is 42.3 Å². The summed E-state index contributed by atoms with van der Waals surface area (Å²) in [6.45, 7) is 3.70. The fraction of sp³-hybridized carbons (Fsp3) is 0.400.